The number of anilines is 1. The van der Waals surface area contributed by atoms with Gasteiger partial charge in [-0.2, -0.15) is 0 Å². The van der Waals surface area contributed by atoms with Gasteiger partial charge in [0.25, 0.3) is 0 Å². The van der Waals surface area contributed by atoms with Crippen molar-refractivity contribution < 1.29 is 65.0 Å². The zero-order valence-electron chi connectivity index (χ0n) is 34.8. The van der Waals surface area contributed by atoms with E-state index in [1.165, 1.54) is 38.8 Å². The van der Waals surface area contributed by atoms with Crippen molar-refractivity contribution in [3.63, 3.8) is 0 Å². The van der Waals surface area contributed by atoms with Gasteiger partial charge in [0.2, 0.25) is 0 Å². The van der Waals surface area contributed by atoms with Gasteiger partial charge in [-0.05, 0) is 56.6 Å². The third kappa shape index (κ3) is 4.52. The van der Waals surface area contributed by atoms with Crippen LogP contribution in [-0.2, 0) is 19.9 Å². The smallest absolute Gasteiger partial charge is 0.355 e. The lowest BCUT2D eigenvalue weighted by Crippen LogP contribution is -2.75. The summed E-state index contributed by atoms with van der Waals surface area (Å²) >= 11 is 0. The third-order valence-corrected chi connectivity index (χ3v) is 16.2. The van der Waals surface area contributed by atoms with E-state index < -0.39 is 105 Å². The van der Waals surface area contributed by atoms with Crippen LogP contribution in [0, 0.1) is 22.7 Å². The van der Waals surface area contributed by atoms with Crippen molar-refractivity contribution >= 4 is 23.0 Å². The van der Waals surface area contributed by atoms with Crippen LogP contribution in [0.2, 0.25) is 0 Å². The summed E-state index contributed by atoms with van der Waals surface area (Å²) in [5.41, 5.74) is -9.79. The molecular formula is C41H60N6O13. The molecule has 12 N–H and O–H groups in total. The van der Waals surface area contributed by atoms with E-state index in [2.05, 4.69) is 26.9 Å². The number of nitrogens with two attached hydrogens (primary N) is 1. The second-order valence-corrected chi connectivity index (χ2v) is 18.9. The van der Waals surface area contributed by atoms with E-state index >= 15 is 0 Å². The fraction of sp³-hybridized carbons (Fsp3) is 0.756. The first-order valence-electron chi connectivity index (χ1n) is 21.0. The van der Waals surface area contributed by atoms with E-state index in [0.717, 1.165) is 25.7 Å². The summed E-state index contributed by atoms with van der Waals surface area (Å²) in [7, 11) is 0. The number of nitrogen functional groups attached to an aromatic ring is 1. The standard InChI is InChI=1S/C25H35NO9.C16H25N5O4/c1-12(2)22(31)17(34-16(28)14-7-6-10-26-14)23(32)18(4)11-21(30)19(22,5)25(23,33)24(35-21)15(27)13(3)8-9-20(18,24)29;1-2-3-4-5-6-16(13(24)12(23)10(7-22)25-16)21-9-20-11-14(17)18-8-19-15(11)21/h6-7,10,12-13,15,17,26-27,29-33H,8-9,11H2,1-5H3;8-10,12-13,22-24H,2-7H2,1H3,(H2,17,18,19)/t13-,15+,17+,18-,19+,20-,21-,22+,23+,24+,25+;10-,12-,13-,16-/m01/s1. The van der Waals surface area contributed by atoms with Crippen molar-refractivity contribution in [3.8, 4) is 0 Å². The Hall–Kier alpha value is -3.34. The Bertz CT molecular complexity index is 2140. The average molecular weight is 845 g/mol. The quantitative estimate of drug-likeness (QED) is 0.0942. The molecule has 4 saturated carbocycles. The average Bonchev–Trinajstić information content (AvgIpc) is 4.01. The van der Waals surface area contributed by atoms with Crippen LogP contribution < -0.4 is 5.73 Å². The summed E-state index contributed by atoms with van der Waals surface area (Å²) in [5, 5.41) is 104. The number of hydrogen-bond donors (Lipinski definition) is 11. The summed E-state index contributed by atoms with van der Waals surface area (Å²) in [6.45, 7) is 9.64. The Labute approximate surface area is 346 Å². The molecule has 4 aliphatic carbocycles. The van der Waals surface area contributed by atoms with E-state index in [9.17, 15) is 50.8 Å². The molecule has 7 aliphatic rings. The monoisotopic (exact) mass is 844 g/mol. The van der Waals surface area contributed by atoms with Crippen LogP contribution in [0.5, 0.6) is 0 Å². The fourth-order valence-electron chi connectivity index (χ4n) is 13.0. The molecule has 3 aromatic heterocycles. The normalized spacial score (nSPS) is 47.2. The number of hydrogen-bond acceptors (Lipinski definition) is 17. The number of imidazole rings is 1. The number of rotatable bonds is 10. The van der Waals surface area contributed by atoms with Gasteiger partial charge in [0.15, 0.2) is 34.7 Å². The number of unbranched alkanes of at least 4 members (excludes halogenated alkanes) is 3. The van der Waals surface area contributed by atoms with Gasteiger partial charge in [-0.25, -0.2) is 19.7 Å². The number of fused-ring (bicyclic) bond motifs is 1. The number of carbonyl (C=O) groups is 1. The Morgan fingerprint density at radius 2 is 1.78 bits per heavy atom. The molecule has 6 heterocycles. The van der Waals surface area contributed by atoms with Crippen LogP contribution >= 0.6 is 0 Å². The second kappa shape index (κ2) is 13.6. The van der Waals surface area contributed by atoms with Gasteiger partial charge in [0, 0.05) is 18.0 Å². The van der Waals surface area contributed by atoms with Gasteiger partial charge in [0.1, 0.15) is 58.3 Å². The van der Waals surface area contributed by atoms with Crippen LogP contribution in [0.4, 0.5) is 5.82 Å². The highest BCUT2D eigenvalue weighted by atomic mass is 16.7. The maximum atomic E-state index is 13.2. The molecule has 0 radical (unpaired) electrons. The van der Waals surface area contributed by atoms with Crippen LogP contribution in [0.3, 0.4) is 0 Å². The number of aliphatic hydroxyl groups is 9. The molecule has 15 atom stereocenters. The highest BCUT2D eigenvalue weighted by Crippen LogP contribution is 2.90. The third-order valence-electron chi connectivity index (χ3n) is 16.2. The second-order valence-electron chi connectivity index (χ2n) is 18.9. The van der Waals surface area contributed by atoms with Gasteiger partial charge in [-0.3, -0.25) is 4.57 Å². The molecule has 19 nitrogen and oxygen atoms in total. The Morgan fingerprint density at radius 1 is 1.07 bits per heavy atom. The molecule has 0 amide bonds. The topological polar surface area (TPSA) is 312 Å². The zero-order valence-corrected chi connectivity index (χ0v) is 34.8. The molecule has 6 bridgehead atoms. The number of carbonyl (C=O) groups excluding carboxylic acids is 1. The summed E-state index contributed by atoms with van der Waals surface area (Å²) in [6.07, 6.45) is 2.24. The van der Waals surface area contributed by atoms with Crippen molar-refractivity contribution in [1.29, 1.82) is 0 Å². The SMILES string of the molecule is CC(C)[C@@]1(O)[C@@H](OC(=O)c2ccc[nH]2)[C@@]2(O)[C@@]3(C)C[C@]4(O)O[C@@]5([C@H](O)[C@@H](C)CC[C@]35O)[C@@]2(O)[C@@]14C.CCCCCC[C@@]1(n2cnc3c(N)ncnc32)O[C@H](CO)[C@@H](O)[C@H]1O. The zero-order chi connectivity index (χ0) is 43.9. The van der Waals surface area contributed by atoms with Crippen molar-refractivity contribution in [2.24, 2.45) is 22.7 Å². The first kappa shape index (κ1) is 43.3. The summed E-state index contributed by atoms with van der Waals surface area (Å²) in [4.78, 5) is 28.3. The number of nitrogens with one attached hydrogen (secondary N) is 1. The van der Waals surface area contributed by atoms with Crippen molar-refractivity contribution in [2.45, 2.75) is 163 Å². The largest absolute Gasteiger partial charge is 0.451 e. The molecule has 10 rings (SSSR count). The van der Waals surface area contributed by atoms with Gasteiger partial charge in [-0.15, -0.1) is 0 Å². The minimum Gasteiger partial charge on any atom is -0.451 e. The maximum Gasteiger partial charge on any atom is 0.355 e. The Balaban J connectivity index is 0.000000177. The highest BCUT2D eigenvalue weighted by Gasteiger charge is 3.10. The van der Waals surface area contributed by atoms with E-state index in [-0.39, 0.29) is 24.4 Å². The van der Waals surface area contributed by atoms with E-state index in [1.807, 2.05) is 0 Å². The number of aromatic nitrogens is 5. The van der Waals surface area contributed by atoms with E-state index in [4.69, 9.17) is 19.9 Å². The first-order chi connectivity index (χ1) is 28.1. The molecule has 3 aromatic rings. The lowest BCUT2D eigenvalue weighted by atomic mass is 9.52. The van der Waals surface area contributed by atoms with Gasteiger partial charge in [-0.1, -0.05) is 53.9 Å². The number of aromatic amines is 1. The summed E-state index contributed by atoms with van der Waals surface area (Å²) in [5.74, 6) is -4.11. The predicted molar refractivity (Wildman–Crippen MR) is 209 cm³/mol. The molecule has 60 heavy (non-hydrogen) atoms. The van der Waals surface area contributed by atoms with Gasteiger partial charge >= 0.3 is 5.97 Å². The molecule has 19 heteroatoms. The number of esters is 1. The Kier molecular flexibility index (Phi) is 9.80. The Morgan fingerprint density at radius 3 is 2.40 bits per heavy atom. The minimum absolute atomic E-state index is 0.0654. The summed E-state index contributed by atoms with van der Waals surface area (Å²) < 4.78 is 19.6. The molecule has 3 saturated heterocycles. The molecular weight excluding hydrogens is 784 g/mol. The van der Waals surface area contributed by atoms with Crippen LogP contribution in [0.1, 0.15) is 103 Å². The molecule has 1 spiro atoms. The fourth-order valence-corrected chi connectivity index (χ4v) is 13.0. The van der Waals surface area contributed by atoms with Gasteiger partial charge < -0.3 is 70.9 Å². The highest BCUT2D eigenvalue weighted by molar-refractivity contribution is 5.87. The number of aliphatic hydroxyl groups excluding tert-OH is 4. The number of H-pyrrole nitrogens is 1. The predicted octanol–water partition coefficient (Wildman–Crippen LogP) is -0.0430. The van der Waals surface area contributed by atoms with Crippen molar-refractivity contribution in [2.75, 3.05) is 12.3 Å². The molecule has 3 aliphatic heterocycles. The first-order valence-corrected chi connectivity index (χ1v) is 21.0. The van der Waals surface area contributed by atoms with E-state index in [0.29, 0.717) is 24.0 Å². The molecule has 0 unspecified atom stereocenters. The number of ether oxygens (including phenoxy) is 3. The van der Waals surface area contributed by atoms with Crippen LogP contribution in [0.15, 0.2) is 31.0 Å². The maximum absolute atomic E-state index is 13.2. The van der Waals surface area contributed by atoms with Crippen LogP contribution in [-0.4, -0.2) is 147 Å². The lowest BCUT2D eigenvalue weighted by molar-refractivity contribution is -0.390. The molecule has 7 fully saturated rings. The number of nitrogens with zero attached hydrogens (tertiary/aromatic N) is 4. The summed E-state index contributed by atoms with van der Waals surface area (Å²) in [6, 6.07) is 3.06. The lowest BCUT2D eigenvalue weighted by Gasteiger charge is -2.60. The van der Waals surface area contributed by atoms with E-state index in [1.54, 1.807) is 31.4 Å². The van der Waals surface area contributed by atoms with Crippen LogP contribution in [0.25, 0.3) is 11.2 Å². The molecule has 332 valence electrons. The van der Waals surface area contributed by atoms with Gasteiger partial charge in [0.05, 0.1) is 24.5 Å². The minimum atomic E-state index is -2.59. The molecule has 0 aromatic carbocycles. The van der Waals surface area contributed by atoms with Crippen molar-refractivity contribution in [3.05, 3.63) is 36.7 Å². The van der Waals surface area contributed by atoms with Crippen molar-refractivity contribution in [1.82, 2.24) is 24.5 Å².